The first kappa shape index (κ1) is 19.0. The summed E-state index contributed by atoms with van der Waals surface area (Å²) in [6, 6.07) is 5.66. The van der Waals surface area contributed by atoms with Crippen molar-refractivity contribution in [2.75, 3.05) is 13.1 Å². The standard InChI is InChI=1S/C19H23FN4O3/c1-12(25)21-9-13-5-6-24-17(7-13)16(10-23-24)19(27)22-11-18(26)14-3-2-4-15(20)8-14/h2-4,8,10,13,18,26H,5-7,9,11H2,1H3,(H,21,25)(H,22,27)/t13-,18-/m1/s1. The lowest BCUT2D eigenvalue weighted by molar-refractivity contribution is -0.119. The fourth-order valence-corrected chi connectivity index (χ4v) is 3.27. The number of fused-ring (bicyclic) bond motifs is 1. The first-order valence-electron chi connectivity index (χ1n) is 8.95. The normalized spacial score (nSPS) is 17.1. The molecule has 2 amide bonds. The van der Waals surface area contributed by atoms with Crippen LogP contribution in [-0.4, -0.2) is 39.8 Å². The van der Waals surface area contributed by atoms with E-state index in [2.05, 4.69) is 15.7 Å². The van der Waals surface area contributed by atoms with E-state index in [0.717, 1.165) is 12.1 Å². The average molecular weight is 374 g/mol. The molecular formula is C19H23FN4O3. The molecule has 3 rings (SSSR count). The van der Waals surface area contributed by atoms with E-state index < -0.39 is 11.9 Å². The number of carbonyl (C=O) groups is 2. The van der Waals surface area contributed by atoms with Gasteiger partial charge in [-0.15, -0.1) is 0 Å². The molecule has 7 nitrogen and oxygen atoms in total. The van der Waals surface area contributed by atoms with Gasteiger partial charge in [-0.25, -0.2) is 4.39 Å². The number of aryl methyl sites for hydroxylation is 1. The van der Waals surface area contributed by atoms with E-state index in [1.165, 1.54) is 31.3 Å². The number of nitrogens with one attached hydrogen (secondary N) is 2. The zero-order valence-electron chi connectivity index (χ0n) is 15.1. The van der Waals surface area contributed by atoms with Crippen LogP contribution in [-0.2, 0) is 17.8 Å². The Morgan fingerprint density at radius 1 is 1.41 bits per heavy atom. The maximum absolute atomic E-state index is 13.3. The highest BCUT2D eigenvalue weighted by atomic mass is 19.1. The van der Waals surface area contributed by atoms with Crippen molar-refractivity contribution in [2.45, 2.75) is 32.4 Å². The van der Waals surface area contributed by atoms with Crippen LogP contribution in [0.1, 0.15) is 41.1 Å². The first-order chi connectivity index (χ1) is 12.9. The maximum Gasteiger partial charge on any atom is 0.254 e. The van der Waals surface area contributed by atoms with Gasteiger partial charge in [0.25, 0.3) is 5.91 Å². The summed E-state index contributed by atoms with van der Waals surface area (Å²) in [5, 5.41) is 19.9. The third kappa shape index (κ3) is 4.71. The molecule has 0 bridgehead atoms. The summed E-state index contributed by atoms with van der Waals surface area (Å²) in [4.78, 5) is 23.6. The molecule has 0 aliphatic carbocycles. The Bertz CT molecular complexity index is 836. The van der Waals surface area contributed by atoms with E-state index in [0.29, 0.717) is 30.6 Å². The molecule has 2 aromatic rings. The van der Waals surface area contributed by atoms with Crippen LogP contribution in [0.3, 0.4) is 0 Å². The fourth-order valence-electron chi connectivity index (χ4n) is 3.27. The third-order valence-corrected chi connectivity index (χ3v) is 4.75. The molecule has 1 aliphatic rings. The van der Waals surface area contributed by atoms with E-state index in [1.807, 2.05) is 4.68 Å². The van der Waals surface area contributed by atoms with Crippen molar-refractivity contribution in [3.05, 3.63) is 53.1 Å². The van der Waals surface area contributed by atoms with Crippen LogP contribution in [0.5, 0.6) is 0 Å². The predicted molar refractivity (Wildman–Crippen MR) is 96.4 cm³/mol. The number of rotatable bonds is 6. The molecule has 0 radical (unpaired) electrons. The Morgan fingerprint density at radius 3 is 2.96 bits per heavy atom. The van der Waals surface area contributed by atoms with Crippen LogP contribution in [0.25, 0.3) is 0 Å². The van der Waals surface area contributed by atoms with E-state index in [1.54, 1.807) is 6.07 Å². The summed E-state index contributed by atoms with van der Waals surface area (Å²) in [7, 11) is 0. The molecule has 0 spiro atoms. The molecule has 0 saturated heterocycles. The van der Waals surface area contributed by atoms with Gasteiger partial charge in [-0.05, 0) is 36.5 Å². The summed E-state index contributed by atoms with van der Waals surface area (Å²) < 4.78 is 15.1. The molecule has 1 aliphatic heterocycles. The Balaban J connectivity index is 1.61. The molecular weight excluding hydrogens is 351 g/mol. The van der Waals surface area contributed by atoms with Gasteiger partial charge in [0, 0.05) is 26.6 Å². The van der Waals surface area contributed by atoms with Crippen LogP contribution < -0.4 is 10.6 Å². The van der Waals surface area contributed by atoms with E-state index in [-0.39, 0.29) is 24.3 Å². The van der Waals surface area contributed by atoms with Crippen LogP contribution in [0, 0.1) is 11.7 Å². The zero-order valence-corrected chi connectivity index (χ0v) is 15.1. The van der Waals surface area contributed by atoms with Gasteiger partial charge < -0.3 is 15.7 Å². The lowest BCUT2D eigenvalue weighted by atomic mass is 9.94. The molecule has 2 atom stereocenters. The molecule has 0 saturated carbocycles. The molecule has 8 heteroatoms. The van der Waals surface area contributed by atoms with Gasteiger partial charge in [0.1, 0.15) is 5.82 Å². The minimum absolute atomic E-state index is 0.0256. The molecule has 2 heterocycles. The van der Waals surface area contributed by atoms with Crippen LogP contribution in [0.15, 0.2) is 30.5 Å². The summed E-state index contributed by atoms with van der Waals surface area (Å²) in [6.07, 6.45) is 2.06. The number of aliphatic hydroxyl groups excluding tert-OH is 1. The van der Waals surface area contributed by atoms with E-state index in [9.17, 15) is 19.1 Å². The lowest BCUT2D eigenvalue weighted by Gasteiger charge is -2.24. The smallest absolute Gasteiger partial charge is 0.254 e. The molecule has 3 N–H and O–H groups in total. The predicted octanol–water partition coefficient (Wildman–Crippen LogP) is 1.18. The molecule has 0 fully saturated rings. The highest BCUT2D eigenvalue weighted by molar-refractivity contribution is 5.95. The largest absolute Gasteiger partial charge is 0.387 e. The monoisotopic (exact) mass is 374 g/mol. The molecule has 1 aromatic heterocycles. The van der Waals surface area contributed by atoms with E-state index in [4.69, 9.17) is 0 Å². The van der Waals surface area contributed by atoms with Gasteiger partial charge in [-0.2, -0.15) is 5.10 Å². The number of benzene rings is 1. The summed E-state index contributed by atoms with van der Waals surface area (Å²) in [6.45, 7) is 2.72. The van der Waals surface area contributed by atoms with Crippen molar-refractivity contribution in [1.29, 1.82) is 0 Å². The third-order valence-electron chi connectivity index (χ3n) is 4.75. The number of aliphatic hydroxyl groups is 1. The Morgan fingerprint density at radius 2 is 2.22 bits per heavy atom. The van der Waals surface area contributed by atoms with Crippen LogP contribution in [0.2, 0.25) is 0 Å². The number of carbonyl (C=O) groups excluding carboxylic acids is 2. The minimum Gasteiger partial charge on any atom is -0.387 e. The molecule has 144 valence electrons. The second-order valence-electron chi connectivity index (χ2n) is 6.80. The number of halogens is 1. The molecule has 0 unspecified atom stereocenters. The number of aromatic nitrogens is 2. The molecule has 27 heavy (non-hydrogen) atoms. The number of amides is 2. The van der Waals surface area contributed by atoms with Gasteiger partial charge in [0.2, 0.25) is 5.91 Å². The highest BCUT2D eigenvalue weighted by Crippen LogP contribution is 2.23. The van der Waals surface area contributed by atoms with Crippen molar-refractivity contribution in [3.63, 3.8) is 0 Å². The van der Waals surface area contributed by atoms with Crippen molar-refractivity contribution < 1.29 is 19.1 Å². The van der Waals surface area contributed by atoms with Crippen LogP contribution >= 0.6 is 0 Å². The first-order valence-corrected chi connectivity index (χ1v) is 8.95. The quantitative estimate of drug-likeness (QED) is 0.708. The number of hydrogen-bond donors (Lipinski definition) is 3. The number of nitrogens with zero attached hydrogens (tertiary/aromatic N) is 2. The van der Waals surface area contributed by atoms with Gasteiger partial charge in [-0.3, -0.25) is 14.3 Å². The number of hydrogen-bond acceptors (Lipinski definition) is 4. The topological polar surface area (TPSA) is 96.2 Å². The van der Waals surface area contributed by atoms with E-state index >= 15 is 0 Å². The van der Waals surface area contributed by atoms with Gasteiger partial charge in [0.05, 0.1) is 23.6 Å². The van der Waals surface area contributed by atoms with Gasteiger partial charge >= 0.3 is 0 Å². The Labute approximate surface area is 156 Å². The van der Waals surface area contributed by atoms with Gasteiger partial charge in [-0.1, -0.05) is 12.1 Å². The van der Waals surface area contributed by atoms with Crippen molar-refractivity contribution >= 4 is 11.8 Å². The SMILES string of the molecule is CC(=O)NC[C@@H]1CCn2ncc(C(=O)NC[C@@H](O)c3cccc(F)c3)c2C1. The lowest BCUT2D eigenvalue weighted by Crippen LogP contribution is -2.33. The maximum atomic E-state index is 13.3. The second kappa shape index (κ2) is 8.30. The highest BCUT2D eigenvalue weighted by Gasteiger charge is 2.25. The summed E-state index contributed by atoms with van der Waals surface area (Å²) in [5.41, 5.74) is 1.70. The second-order valence-corrected chi connectivity index (χ2v) is 6.80. The Hall–Kier alpha value is -2.74. The average Bonchev–Trinajstić information content (AvgIpc) is 3.07. The van der Waals surface area contributed by atoms with Crippen molar-refractivity contribution in [1.82, 2.24) is 20.4 Å². The Kier molecular flexibility index (Phi) is 5.85. The van der Waals surface area contributed by atoms with Crippen molar-refractivity contribution in [3.8, 4) is 0 Å². The van der Waals surface area contributed by atoms with Crippen molar-refractivity contribution in [2.24, 2.45) is 5.92 Å². The van der Waals surface area contributed by atoms with Crippen LogP contribution in [0.4, 0.5) is 4.39 Å². The minimum atomic E-state index is -0.997. The summed E-state index contributed by atoms with van der Waals surface area (Å²) in [5.74, 6) is -0.582. The summed E-state index contributed by atoms with van der Waals surface area (Å²) >= 11 is 0. The molecule has 1 aromatic carbocycles. The van der Waals surface area contributed by atoms with Gasteiger partial charge in [0.15, 0.2) is 0 Å². The fraction of sp³-hybridized carbons (Fsp3) is 0.421. The zero-order chi connectivity index (χ0) is 19.4.